The number of fused-ring (bicyclic) bond motifs is 1. The van der Waals surface area contributed by atoms with E-state index in [1.807, 2.05) is 20.8 Å². The molecule has 2 saturated carbocycles. The van der Waals surface area contributed by atoms with Gasteiger partial charge < -0.3 is 10.3 Å². The summed E-state index contributed by atoms with van der Waals surface area (Å²) in [6, 6.07) is 0. The second kappa shape index (κ2) is 2.37. The number of Topliss-reactive ketones (excluding diaryl/α,β-unsaturated/α-hetero) is 1. The Balaban J connectivity index is 2.52. The fourth-order valence-corrected chi connectivity index (χ4v) is 3.34. The van der Waals surface area contributed by atoms with E-state index in [1.165, 1.54) is 0 Å². The summed E-state index contributed by atoms with van der Waals surface area (Å²) >= 11 is 0. The molecule has 0 aromatic carbocycles. The van der Waals surface area contributed by atoms with Crippen LogP contribution in [-0.4, -0.2) is 27.9 Å². The predicted octanol–water partition coefficient (Wildman–Crippen LogP) is 0.813. The number of hydrogen-bond donors (Lipinski definition) is 2. The Hall–Kier alpha value is -0.900. The number of carbonyl (C=O) groups is 1. The molecule has 0 aromatic heterocycles. The molecule has 0 unspecified atom stereocenters. The minimum absolute atomic E-state index is 0.103. The van der Waals surface area contributed by atoms with Crippen LogP contribution in [0.4, 0.5) is 0 Å². The maximum atomic E-state index is 11.9. The Morgan fingerprint density at radius 2 is 2.00 bits per heavy atom. The fourth-order valence-electron chi connectivity index (χ4n) is 3.34. The van der Waals surface area contributed by atoms with Crippen LogP contribution in [0, 0.1) is 16.7 Å². The molecule has 0 saturated heterocycles. The quantitative estimate of drug-likeness (QED) is 0.446. The summed E-state index contributed by atoms with van der Waals surface area (Å²) in [6.45, 7) is 5.53. The fraction of sp³-hybridized carbons (Fsp3) is 0.800. The number of ketones is 1. The minimum Gasteiger partial charge on any atom is -0.411 e. The molecule has 0 radical (unpaired) electrons. The van der Waals surface area contributed by atoms with Crippen molar-refractivity contribution in [2.24, 2.45) is 21.9 Å². The zero-order valence-electron chi connectivity index (χ0n) is 8.61. The van der Waals surface area contributed by atoms with Crippen molar-refractivity contribution in [2.75, 3.05) is 0 Å². The van der Waals surface area contributed by atoms with Crippen molar-refractivity contribution < 1.29 is 15.1 Å². The predicted molar refractivity (Wildman–Crippen MR) is 50.2 cm³/mol. The van der Waals surface area contributed by atoms with Crippen molar-refractivity contribution in [3.8, 4) is 0 Å². The van der Waals surface area contributed by atoms with Gasteiger partial charge in [-0.15, -0.1) is 0 Å². The van der Waals surface area contributed by atoms with Gasteiger partial charge in [-0.05, 0) is 6.42 Å². The summed E-state index contributed by atoms with van der Waals surface area (Å²) in [6.07, 6.45) is 0.0390. The van der Waals surface area contributed by atoms with Crippen molar-refractivity contribution in [3.05, 3.63) is 0 Å². The highest BCUT2D eigenvalue weighted by molar-refractivity contribution is 6.46. The first-order chi connectivity index (χ1) is 6.35. The third kappa shape index (κ3) is 0.780. The highest BCUT2D eigenvalue weighted by Crippen LogP contribution is 2.61. The number of rotatable bonds is 0. The summed E-state index contributed by atoms with van der Waals surface area (Å²) < 4.78 is 0. The second-order valence-corrected chi connectivity index (χ2v) is 5.17. The van der Waals surface area contributed by atoms with Gasteiger partial charge in [0, 0.05) is 16.7 Å². The van der Waals surface area contributed by atoms with E-state index in [0.29, 0.717) is 6.42 Å². The minimum atomic E-state index is -0.516. The van der Waals surface area contributed by atoms with Crippen LogP contribution in [0.2, 0.25) is 0 Å². The van der Waals surface area contributed by atoms with Crippen LogP contribution in [0.5, 0.6) is 0 Å². The molecule has 2 fully saturated rings. The standard InChI is InChI=1S/C10H15NO3/c1-9(2)6-5(12)4-10(6,3)8(13)7(9)11-14/h5-6,12,14H,4H2,1-3H3/b11-7-/t5-,6-,10-/m0/s1. The Morgan fingerprint density at radius 3 is 2.36 bits per heavy atom. The van der Waals surface area contributed by atoms with E-state index < -0.39 is 16.9 Å². The summed E-state index contributed by atoms with van der Waals surface area (Å²) in [5.74, 6) is -0.214. The summed E-state index contributed by atoms with van der Waals surface area (Å²) in [5, 5.41) is 21.6. The molecule has 0 heterocycles. The summed E-state index contributed by atoms with van der Waals surface area (Å²) in [5.41, 5.74) is -0.815. The van der Waals surface area contributed by atoms with Gasteiger partial charge in [-0.1, -0.05) is 25.9 Å². The van der Waals surface area contributed by atoms with Crippen LogP contribution in [0.3, 0.4) is 0 Å². The molecule has 3 atom stereocenters. The molecule has 2 rings (SSSR count). The van der Waals surface area contributed by atoms with Gasteiger partial charge in [0.25, 0.3) is 0 Å². The first kappa shape index (κ1) is 9.65. The van der Waals surface area contributed by atoms with Gasteiger partial charge in [0.15, 0.2) is 5.78 Å². The number of carbonyl (C=O) groups excluding carboxylic acids is 1. The molecule has 4 nitrogen and oxygen atoms in total. The van der Waals surface area contributed by atoms with Gasteiger partial charge in [0.2, 0.25) is 0 Å². The van der Waals surface area contributed by atoms with E-state index in [-0.39, 0.29) is 17.4 Å². The topological polar surface area (TPSA) is 69.9 Å². The van der Waals surface area contributed by atoms with Crippen molar-refractivity contribution in [2.45, 2.75) is 33.3 Å². The summed E-state index contributed by atoms with van der Waals surface area (Å²) in [7, 11) is 0. The largest absolute Gasteiger partial charge is 0.411 e. The maximum absolute atomic E-state index is 11.9. The molecule has 2 aliphatic carbocycles. The van der Waals surface area contributed by atoms with Gasteiger partial charge in [-0.2, -0.15) is 0 Å². The van der Waals surface area contributed by atoms with E-state index >= 15 is 0 Å². The molecule has 0 spiro atoms. The molecule has 14 heavy (non-hydrogen) atoms. The van der Waals surface area contributed by atoms with Crippen molar-refractivity contribution in [1.29, 1.82) is 0 Å². The average Bonchev–Trinajstić information content (AvgIpc) is 2.12. The molecular formula is C10H15NO3. The highest BCUT2D eigenvalue weighted by Gasteiger charge is 2.69. The molecular weight excluding hydrogens is 182 g/mol. The average molecular weight is 197 g/mol. The molecule has 4 heteroatoms. The first-order valence-corrected chi connectivity index (χ1v) is 4.81. The lowest BCUT2D eigenvalue weighted by molar-refractivity contribution is -0.148. The molecule has 0 aliphatic heterocycles. The SMILES string of the molecule is CC1(C)/C(=N\O)C(=O)[C@@]2(C)C[C@H](O)[C@@H]12. The van der Waals surface area contributed by atoms with Crippen molar-refractivity contribution in [1.82, 2.24) is 0 Å². The Bertz CT molecular complexity index is 334. The van der Waals surface area contributed by atoms with E-state index in [4.69, 9.17) is 5.21 Å². The highest BCUT2D eigenvalue weighted by atomic mass is 16.4. The first-order valence-electron chi connectivity index (χ1n) is 4.81. The Morgan fingerprint density at radius 1 is 1.43 bits per heavy atom. The van der Waals surface area contributed by atoms with Gasteiger partial charge in [-0.3, -0.25) is 4.79 Å². The molecule has 0 aromatic rings. The normalized spacial score (nSPS) is 47.7. The lowest BCUT2D eigenvalue weighted by Crippen LogP contribution is -2.53. The maximum Gasteiger partial charge on any atom is 0.187 e. The number of aliphatic hydroxyl groups excluding tert-OH is 1. The van der Waals surface area contributed by atoms with E-state index in [0.717, 1.165) is 0 Å². The third-order valence-electron chi connectivity index (χ3n) is 3.93. The number of hydrogen-bond acceptors (Lipinski definition) is 4. The Kier molecular flexibility index (Phi) is 1.63. The van der Waals surface area contributed by atoms with Crippen LogP contribution in [0.25, 0.3) is 0 Å². The van der Waals surface area contributed by atoms with Gasteiger partial charge in [0.05, 0.1) is 6.10 Å². The van der Waals surface area contributed by atoms with Crippen LogP contribution in [0.15, 0.2) is 5.16 Å². The zero-order chi connectivity index (χ0) is 10.7. The molecule has 2 aliphatic rings. The van der Waals surface area contributed by atoms with Gasteiger partial charge in [0.1, 0.15) is 5.71 Å². The van der Waals surface area contributed by atoms with E-state index in [2.05, 4.69) is 5.16 Å². The zero-order valence-corrected chi connectivity index (χ0v) is 8.61. The third-order valence-corrected chi connectivity index (χ3v) is 3.93. The smallest absolute Gasteiger partial charge is 0.187 e. The Labute approximate surface area is 82.6 Å². The molecule has 78 valence electrons. The van der Waals surface area contributed by atoms with E-state index in [1.54, 1.807) is 0 Å². The number of aliphatic hydroxyl groups is 1. The molecule has 2 N–H and O–H groups in total. The molecule has 0 amide bonds. The van der Waals surface area contributed by atoms with Crippen LogP contribution >= 0.6 is 0 Å². The lowest BCUT2D eigenvalue weighted by atomic mass is 9.56. The summed E-state index contributed by atoms with van der Waals surface area (Å²) in [4.78, 5) is 11.9. The van der Waals surface area contributed by atoms with E-state index in [9.17, 15) is 9.90 Å². The van der Waals surface area contributed by atoms with Crippen LogP contribution < -0.4 is 0 Å². The monoisotopic (exact) mass is 197 g/mol. The number of nitrogens with zero attached hydrogens (tertiary/aromatic N) is 1. The van der Waals surface area contributed by atoms with Crippen molar-refractivity contribution >= 4 is 11.5 Å². The van der Waals surface area contributed by atoms with Crippen LogP contribution in [0.1, 0.15) is 27.2 Å². The van der Waals surface area contributed by atoms with Crippen LogP contribution in [-0.2, 0) is 4.79 Å². The second-order valence-electron chi connectivity index (χ2n) is 5.17. The van der Waals surface area contributed by atoms with Gasteiger partial charge >= 0.3 is 0 Å². The van der Waals surface area contributed by atoms with Gasteiger partial charge in [-0.25, -0.2) is 0 Å². The lowest BCUT2D eigenvalue weighted by Gasteiger charge is -2.49. The van der Waals surface area contributed by atoms with Crippen molar-refractivity contribution in [3.63, 3.8) is 0 Å². The molecule has 0 bridgehead atoms. The number of oxime groups is 1.